The number of rotatable bonds is 6. The summed E-state index contributed by atoms with van der Waals surface area (Å²) in [6.45, 7) is 0. The van der Waals surface area contributed by atoms with Gasteiger partial charge in [0, 0.05) is 17.3 Å². The van der Waals surface area contributed by atoms with Crippen LogP contribution in [0.4, 0.5) is 11.5 Å². The lowest BCUT2D eigenvalue weighted by Gasteiger charge is -2.12. The summed E-state index contributed by atoms with van der Waals surface area (Å²) >= 11 is 5.83. The number of carbonyl (C=O) groups excluding carboxylic acids is 2. The van der Waals surface area contributed by atoms with E-state index in [1.165, 1.54) is 19.0 Å². The molecule has 4 N–H and O–H groups in total. The first-order chi connectivity index (χ1) is 16.0. The van der Waals surface area contributed by atoms with Gasteiger partial charge < -0.3 is 16.4 Å². The molecule has 7 nitrogen and oxygen atoms in total. The highest BCUT2D eigenvalue weighted by Crippen LogP contribution is 2.22. The number of halogens is 1. The molecule has 33 heavy (non-hydrogen) atoms. The Hall–Kier alpha value is -3.71. The topological polar surface area (TPSA) is 109 Å². The van der Waals surface area contributed by atoms with E-state index in [9.17, 15) is 9.59 Å². The summed E-state index contributed by atoms with van der Waals surface area (Å²) in [6.07, 6.45) is 5.97. The van der Waals surface area contributed by atoms with Crippen molar-refractivity contribution in [3.63, 3.8) is 0 Å². The summed E-state index contributed by atoms with van der Waals surface area (Å²) in [5.74, 6) is 0.120. The second-order valence-corrected chi connectivity index (χ2v) is 8.28. The van der Waals surface area contributed by atoms with Crippen molar-refractivity contribution < 1.29 is 9.59 Å². The van der Waals surface area contributed by atoms with Gasteiger partial charge in [-0.1, -0.05) is 48.7 Å². The zero-order valence-electron chi connectivity index (χ0n) is 17.9. The predicted molar refractivity (Wildman–Crippen MR) is 131 cm³/mol. The van der Waals surface area contributed by atoms with Crippen LogP contribution in [0.3, 0.4) is 0 Å². The monoisotopic (exact) mass is 461 g/mol. The molecule has 1 heterocycles. The van der Waals surface area contributed by atoms with Gasteiger partial charge >= 0.3 is 0 Å². The third-order valence-electron chi connectivity index (χ3n) is 5.48. The minimum atomic E-state index is -0.396. The Morgan fingerprint density at radius 3 is 2.30 bits per heavy atom. The molecule has 0 bridgehead atoms. The number of benzene rings is 2. The fraction of sp³-hybridized carbons (Fsp3) is 0.200. The van der Waals surface area contributed by atoms with Crippen LogP contribution in [0.25, 0.3) is 0 Å². The number of hydrogen-bond donors (Lipinski definition) is 3. The summed E-state index contributed by atoms with van der Waals surface area (Å²) in [7, 11) is 0. The number of nitrogens with one attached hydrogen (secondary N) is 2. The molecule has 0 radical (unpaired) electrons. The quantitative estimate of drug-likeness (QED) is 0.358. The number of hydrogen-bond acceptors (Lipinski definition) is 4. The average Bonchev–Trinajstić information content (AvgIpc) is 3.34. The largest absolute Gasteiger partial charge is 0.383 e. The number of carbonyl (C=O) groups is 2. The van der Waals surface area contributed by atoms with E-state index in [-0.39, 0.29) is 5.91 Å². The summed E-state index contributed by atoms with van der Waals surface area (Å²) in [4.78, 5) is 34.2. The minimum Gasteiger partial charge on any atom is -0.383 e. The molecule has 1 aliphatic rings. The molecule has 0 spiro atoms. The Labute approximate surface area is 197 Å². The van der Waals surface area contributed by atoms with Crippen molar-refractivity contribution in [3.8, 4) is 0 Å². The number of pyridine rings is 1. The summed E-state index contributed by atoms with van der Waals surface area (Å²) < 4.78 is 0. The van der Waals surface area contributed by atoms with Crippen LogP contribution in [0, 0.1) is 0 Å². The maximum Gasteiger partial charge on any atom is 0.258 e. The van der Waals surface area contributed by atoms with E-state index in [0.29, 0.717) is 39.5 Å². The van der Waals surface area contributed by atoms with Gasteiger partial charge in [-0.3, -0.25) is 14.6 Å². The Morgan fingerprint density at radius 2 is 1.61 bits per heavy atom. The number of anilines is 2. The van der Waals surface area contributed by atoms with Crippen LogP contribution >= 0.6 is 11.6 Å². The molecule has 4 rings (SSSR count). The molecular formula is C25H24ClN5O2. The van der Waals surface area contributed by atoms with E-state index in [4.69, 9.17) is 17.3 Å². The first kappa shape index (κ1) is 22.5. The number of nitrogens with two attached hydrogens (primary N) is 1. The maximum atomic E-state index is 12.8. The highest BCUT2D eigenvalue weighted by molar-refractivity contribution is 6.30. The lowest BCUT2D eigenvalue weighted by Crippen LogP contribution is -2.19. The lowest BCUT2D eigenvalue weighted by atomic mass is 10.1. The molecule has 1 aromatic heterocycles. The van der Waals surface area contributed by atoms with Gasteiger partial charge in [-0.15, -0.1) is 0 Å². The fourth-order valence-electron chi connectivity index (χ4n) is 3.71. The summed E-state index contributed by atoms with van der Waals surface area (Å²) in [5, 5.41) is 5.98. The molecule has 1 saturated carbocycles. The van der Waals surface area contributed by atoms with Crippen molar-refractivity contribution in [2.24, 2.45) is 10.7 Å². The Morgan fingerprint density at radius 1 is 0.909 bits per heavy atom. The van der Waals surface area contributed by atoms with E-state index in [0.717, 1.165) is 18.4 Å². The van der Waals surface area contributed by atoms with Gasteiger partial charge in [0.1, 0.15) is 11.7 Å². The zero-order chi connectivity index (χ0) is 23.2. The second-order valence-electron chi connectivity index (χ2n) is 7.85. The third-order valence-corrected chi connectivity index (χ3v) is 5.70. The molecule has 0 atom stereocenters. The second kappa shape index (κ2) is 10.3. The van der Waals surface area contributed by atoms with Crippen molar-refractivity contribution in [1.29, 1.82) is 0 Å². The molecule has 168 valence electrons. The van der Waals surface area contributed by atoms with Gasteiger partial charge in [-0.25, -0.2) is 4.98 Å². The van der Waals surface area contributed by atoms with Gasteiger partial charge in [0.15, 0.2) is 0 Å². The normalized spacial score (nSPS) is 14.2. The van der Waals surface area contributed by atoms with Crippen LogP contribution in [0.15, 0.2) is 71.9 Å². The molecule has 0 unspecified atom stereocenters. The van der Waals surface area contributed by atoms with Crippen LogP contribution < -0.4 is 16.4 Å². The standard InChI is InChI=1S/C25H24ClN5O2/c26-18-13-14-22(28-15-18)31-25(33)20-7-3-4-8-21(20)30-24(32)17-11-9-16(10-12-17)23(27)29-19-5-1-2-6-19/h3-4,7-15,19H,1-2,5-6H2,(H2,27,29)(H,30,32)(H,28,31,33). The van der Waals surface area contributed by atoms with E-state index < -0.39 is 5.91 Å². The molecule has 3 aromatic rings. The molecular weight excluding hydrogens is 438 g/mol. The zero-order valence-corrected chi connectivity index (χ0v) is 18.7. The molecule has 2 amide bonds. The SMILES string of the molecule is NC(=NC1CCCC1)c1ccc(C(=O)Nc2ccccc2C(=O)Nc2ccc(Cl)cn2)cc1. The molecule has 0 saturated heterocycles. The highest BCUT2D eigenvalue weighted by Gasteiger charge is 2.16. The number of amidine groups is 1. The first-order valence-corrected chi connectivity index (χ1v) is 11.1. The minimum absolute atomic E-state index is 0.290. The highest BCUT2D eigenvalue weighted by atomic mass is 35.5. The molecule has 0 aliphatic heterocycles. The van der Waals surface area contributed by atoms with Crippen LogP contribution in [0.5, 0.6) is 0 Å². The fourth-order valence-corrected chi connectivity index (χ4v) is 3.83. The molecule has 2 aromatic carbocycles. The molecule has 1 aliphatic carbocycles. The summed E-state index contributed by atoms with van der Waals surface area (Å²) in [6, 6.07) is 17.3. The number of aliphatic imine (C=N–C) groups is 1. The van der Waals surface area contributed by atoms with Gasteiger partial charge in [0.05, 0.1) is 22.3 Å². The van der Waals surface area contributed by atoms with Crippen molar-refractivity contribution in [3.05, 3.63) is 88.6 Å². The Kier molecular flexibility index (Phi) is 7.00. The molecule has 8 heteroatoms. The smallest absolute Gasteiger partial charge is 0.258 e. The predicted octanol–water partition coefficient (Wildman–Crippen LogP) is 4.89. The van der Waals surface area contributed by atoms with E-state index in [1.54, 1.807) is 60.7 Å². The van der Waals surface area contributed by atoms with Gasteiger partial charge in [0.25, 0.3) is 11.8 Å². The van der Waals surface area contributed by atoms with Gasteiger partial charge in [0.2, 0.25) is 0 Å². The molecule has 1 fully saturated rings. The van der Waals surface area contributed by atoms with Crippen molar-refractivity contribution in [2.75, 3.05) is 10.6 Å². The average molecular weight is 462 g/mol. The third kappa shape index (κ3) is 5.75. The van der Waals surface area contributed by atoms with Crippen molar-refractivity contribution in [2.45, 2.75) is 31.7 Å². The van der Waals surface area contributed by atoms with Crippen LogP contribution in [0.1, 0.15) is 52.0 Å². The maximum absolute atomic E-state index is 12.8. The van der Waals surface area contributed by atoms with Gasteiger partial charge in [-0.2, -0.15) is 0 Å². The van der Waals surface area contributed by atoms with E-state index in [1.807, 2.05) is 0 Å². The lowest BCUT2D eigenvalue weighted by molar-refractivity contribution is 0.102. The number of para-hydroxylation sites is 1. The van der Waals surface area contributed by atoms with E-state index in [2.05, 4.69) is 20.6 Å². The first-order valence-electron chi connectivity index (χ1n) is 10.8. The summed E-state index contributed by atoms with van der Waals surface area (Å²) in [5.41, 5.74) is 8.08. The van der Waals surface area contributed by atoms with Gasteiger partial charge in [-0.05, 0) is 49.2 Å². The Balaban J connectivity index is 1.45. The number of amides is 2. The Bertz CT molecular complexity index is 1170. The van der Waals surface area contributed by atoms with E-state index >= 15 is 0 Å². The van der Waals surface area contributed by atoms with Crippen molar-refractivity contribution >= 4 is 40.8 Å². The van der Waals surface area contributed by atoms with Crippen LogP contribution in [0.2, 0.25) is 5.02 Å². The number of nitrogens with zero attached hydrogens (tertiary/aromatic N) is 2. The van der Waals surface area contributed by atoms with Crippen LogP contribution in [-0.2, 0) is 0 Å². The van der Waals surface area contributed by atoms with Crippen molar-refractivity contribution in [1.82, 2.24) is 4.98 Å². The van der Waals surface area contributed by atoms with Crippen LogP contribution in [-0.4, -0.2) is 28.7 Å². The number of aromatic nitrogens is 1.